The van der Waals surface area contributed by atoms with Gasteiger partial charge in [-0.1, -0.05) is 38.4 Å². The van der Waals surface area contributed by atoms with Crippen LogP contribution in [-0.2, 0) is 0 Å². The molecule has 3 heteroatoms. The first-order chi connectivity index (χ1) is 8.10. The Balaban J connectivity index is 3.07. The second kappa shape index (κ2) is 6.28. The molecule has 3 nitrogen and oxygen atoms in total. The van der Waals surface area contributed by atoms with Crippen LogP contribution in [0, 0.1) is 5.92 Å². The highest BCUT2D eigenvalue weighted by Gasteiger charge is 2.15. The topological polar surface area (TPSA) is 52.8 Å². The van der Waals surface area contributed by atoms with Crippen LogP contribution < -0.4 is 0 Å². The van der Waals surface area contributed by atoms with E-state index in [4.69, 9.17) is 5.21 Å². The van der Waals surface area contributed by atoms with Gasteiger partial charge in [0, 0.05) is 5.56 Å². The number of phenols is 1. The number of hydrogen-bond donors (Lipinski definition) is 2. The molecule has 0 aliphatic heterocycles. The van der Waals surface area contributed by atoms with E-state index in [1.54, 1.807) is 6.07 Å². The molecule has 0 amide bonds. The molecule has 1 unspecified atom stereocenters. The zero-order valence-electron chi connectivity index (χ0n) is 10.7. The van der Waals surface area contributed by atoms with E-state index in [9.17, 15) is 5.11 Å². The highest BCUT2D eigenvalue weighted by molar-refractivity contribution is 5.83. The quantitative estimate of drug-likeness (QED) is 0.464. The van der Waals surface area contributed by atoms with Gasteiger partial charge in [-0.05, 0) is 36.0 Å². The summed E-state index contributed by atoms with van der Waals surface area (Å²) in [7, 11) is 0. The Morgan fingerprint density at radius 1 is 1.35 bits per heavy atom. The molecule has 94 valence electrons. The van der Waals surface area contributed by atoms with Crippen molar-refractivity contribution in [3.8, 4) is 5.75 Å². The van der Waals surface area contributed by atoms with Crippen molar-refractivity contribution in [2.45, 2.75) is 39.5 Å². The van der Waals surface area contributed by atoms with Crippen LogP contribution in [-0.4, -0.2) is 16.5 Å². The van der Waals surface area contributed by atoms with Gasteiger partial charge in [-0.3, -0.25) is 0 Å². The second-order valence-electron chi connectivity index (χ2n) is 4.70. The van der Waals surface area contributed by atoms with Crippen LogP contribution >= 0.6 is 0 Å². The summed E-state index contributed by atoms with van der Waals surface area (Å²) in [5, 5.41) is 21.1. The maximum atomic E-state index is 9.61. The van der Waals surface area contributed by atoms with Gasteiger partial charge in [0.2, 0.25) is 0 Å². The molecule has 0 spiro atoms. The maximum Gasteiger partial charge on any atom is 0.124 e. The third-order valence-corrected chi connectivity index (χ3v) is 3.08. The van der Waals surface area contributed by atoms with Gasteiger partial charge in [0.1, 0.15) is 5.75 Å². The summed E-state index contributed by atoms with van der Waals surface area (Å²) in [6, 6.07) is 5.51. The van der Waals surface area contributed by atoms with E-state index in [2.05, 4.69) is 25.9 Å². The van der Waals surface area contributed by atoms with Gasteiger partial charge in [-0.15, -0.1) is 0 Å². The molecular weight excluding hydrogens is 214 g/mol. The zero-order valence-corrected chi connectivity index (χ0v) is 10.7. The zero-order chi connectivity index (χ0) is 12.8. The van der Waals surface area contributed by atoms with Crippen molar-refractivity contribution in [2.75, 3.05) is 0 Å². The van der Waals surface area contributed by atoms with E-state index < -0.39 is 0 Å². The van der Waals surface area contributed by atoms with Gasteiger partial charge in [-0.25, -0.2) is 0 Å². The average molecular weight is 235 g/mol. The lowest BCUT2D eigenvalue weighted by Crippen LogP contribution is -2.07. The molecule has 0 saturated carbocycles. The van der Waals surface area contributed by atoms with Crippen LogP contribution in [0.15, 0.2) is 23.4 Å². The predicted molar refractivity (Wildman–Crippen MR) is 70.0 cm³/mol. The normalized spacial score (nSPS) is 13.4. The molecule has 0 saturated heterocycles. The highest BCUT2D eigenvalue weighted by Crippen LogP contribution is 2.31. The summed E-state index contributed by atoms with van der Waals surface area (Å²) >= 11 is 0. The minimum Gasteiger partial charge on any atom is -0.507 e. The molecule has 1 aromatic rings. The Bertz CT molecular complexity index is 386. The van der Waals surface area contributed by atoms with E-state index in [1.165, 1.54) is 11.8 Å². The molecular formula is C14H21NO2. The molecule has 0 aliphatic rings. The van der Waals surface area contributed by atoms with Crippen LogP contribution in [0.4, 0.5) is 0 Å². The van der Waals surface area contributed by atoms with Crippen molar-refractivity contribution < 1.29 is 10.3 Å². The van der Waals surface area contributed by atoms with Crippen LogP contribution in [0.5, 0.6) is 5.75 Å². The molecule has 0 bridgehead atoms. The summed E-state index contributed by atoms with van der Waals surface area (Å²) in [5.74, 6) is 1.18. The Labute approximate surface area is 103 Å². The van der Waals surface area contributed by atoms with E-state index in [0.29, 0.717) is 17.4 Å². The lowest BCUT2D eigenvalue weighted by Gasteiger charge is -2.21. The highest BCUT2D eigenvalue weighted by atomic mass is 16.4. The van der Waals surface area contributed by atoms with Crippen molar-refractivity contribution in [3.05, 3.63) is 29.3 Å². The lowest BCUT2D eigenvalue weighted by molar-refractivity contribution is 0.321. The number of nitrogens with zero attached hydrogens (tertiary/aromatic N) is 1. The van der Waals surface area contributed by atoms with Crippen LogP contribution in [0.1, 0.15) is 50.7 Å². The van der Waals surface area contributed by atoms with Gasteiger partial charge in [0.05, 0.1) is 6.21 Å². The summed E-state index contributed by atoms with van der Waals surface area (Å²) in [5.41, 5.74) is 1.75. The van der Waals surface area contributed by atoms with E-state index in [1.807, 2.05) is 12.1 Å². The van der Waals surface area contributed by atoms with Crippen LogP contribution in [0.25, 0.3) is 0 Å². The van der Waals surface area contributed by atoms with Crippen LogP contribution in [0.3, 0.4) is 0 Å². The Kier molecular flexibility index (Phi) is 5.01. The molecule has 0 aromatic heterocycles. The maximum absolute atomic E-state index is 9.61. The van der Waals surface area contributed by atoms with Gasteiger partial charge < -0.3 is 10.3 Å². The van der Waals surface area contributed by atoms with Crippen LogP contribution in [0.2, 0.25) is 0 Å². The first-order valence-corrected chi connectivity index (χ1v) is 6.10. The largest absolute Gasteiger partial charge is 0.507 e. The van der Waals surface area contributed by atoms with Gasteiger partial charge >= 0.3 is 0 Å². The monoisotopic (exact) mass is 235 g/mol. The Morgan fingerprint density at radius 2 is 2.06 bits per heavy atom. The van der Waals surface area contributed by atoms with E-state index >= 15 is 0 Å². The average Bonchev–Trinajstić information content (AvgIpc) is 2.29. The molecule has 17 heavy (non-hydrogen) atoms. The third kappa shape index (κ3) is 3.48. The van der Waals surface area contributed by atoms with Crippen molar-refractivity contribution in [2.24, 2.45) is 11.1 Å². The first kappa shape index (κ1) is 13.6. The van der Waals surface area contributed by atoms with E-state index in [-0.39, 0.29) is 5.75 Å². The predicted octanol–water partition coefficient (Wildman–Crippen LogP) is 3.74. The summed E-state index contributed by atoms with van der Waals surface area (Å²) in [6.45, 7) is 6.58. The molecule has 0 aliphatic carbocycles. The molecule has 1 atom stereocenters. The van der Waals surface area contributed by atoms with Gasteiger partial charge in [0.25, 0.3) is 0 Å². The number of benzene rings is 1. The van der Waals surface area contributed by atoms with Crippen molar-refractivity contribution in [3.63, 3.8) is 0 Å². The number of phenolic OH excluding ortho intramolecular Hbond substituents is 1. The fraction of sp³-hybridized carbons (Fsp3) is 0.500. The standard InChI is InChI=1S/C14H21NO2/c1-4-5-13(10(2)3)11-6-7-14(16)12(8-11)9-15-17/h6-10,13,16-17H,4-5H2,1-3H3/b15-9+. The third-order valence-electron chi connectivity index (χ3n) is 3.08. The Morgan fingerprint density at radius 3 is 2.59 bits per heavy atom. The van der Waals surface area contributed by atoms with Crippen molar-refractivity contribution in [1.82, 2.24) is 0 Å². The molecule has 1 aromatic carbocycles. The van der Waals surface area contributed by atoms with Crippen molar-refractivity contribution in [1.29, 1.82) is 0 Å². The van der Waals surface area contributed by atoms with E-state index in [0.717, 1.165) is 12.8 Å². The SMILES string of the molecule is CCCC(c1ccc(O)c(/C=N/O)c1)C(C)C. The smallest absolute Gasteiger partial charge is 0.124 e. The second-order valence-corrected chi connectivity index (χ2v) is 4.70. The fourth-order valence-electron chi connectivity index (χ4n) is 2.17. The summed E-state index contributed by atoms with van der Waals surface area (Å²) in [4.78, 5) is 0. The lowest BCUT2D eigenvalue weighted by atomic mass is 9.84. The molecule has 0 fully saturated rings. The number of aromatic hydroxyl groups is 1. The molecule has 2 N–H and O–H groups in total. The minimum atomic E-state index is 0.144. The number of hydrogen-bond acceptors (Lipinski definition) is 3. The molecule has 0 heterocycles. The van der Waals surface area contributed by atoms with Gasteiger partial charge in [-0.2, -0.15) is 0 Å². The fourth-order valence-corrected chi connectivity index (χ4v) is 2.17. The molecule has 0 radical (unpaired) electrons. The number of oxime groups is 1. The van der Waals surface area contributed by atoms with Gasteiger partial charge in [0.15, 0.2) is 0 Å². The Hall–Kier alpha value is -1.51. The molecule has 1 rings (SSSR count). The first-order valence-electron chi connectivity index (χ1n) is 6.10. The summed E-state index contributed by atoms with van der Waals surface area (Å²) < 4.78 is 0. The summed E-state index contributed by atoms with van der Waals surface area (Å²) in [6.07, 6.45) is 3.52. The van der Waals surface area contributed by atoms with Crippen molar-refractivity contribution >= 4 is 6.21 Å². The number of rotatable bonds is 5. The minimum absolute atomic E-state index is 0.144.